The number of nitrogens with one attached hydrogen (secondary N) is 2. The Morgan fingerprint density at radius 3 is 2.81 bits per heavy atom. The van der Waals surface area contributed by atoms with Gasteiger partial charge in [-0.25, -0.2) is 14.9 Å². The fourth-order valence-corrected chi connectivity index (χ4v) is 1.49. The number of anilines is 1. The van der Waals surface area contributed by atoms with Crippen LogP contribution in [0, 0.1) is 0 Å². The maximum atomic E-state index is 11.9. The van der Waals surface area contributed by atoms with E-state index in [2.05, 4.69) is 20.5 Å². The quantitative estimate of drug-likeness (QED) is 0.796. The normalized spacial score (nSPS) is 9.95. The molecule has 0 bridgehead atoms. The van der Waals surface area contributed by atoms with E-state index in [-0.39, 0.29) is 23.7 Å². The van der Waals surface area contributed by atoms with Crippen LogP contribution in [0.4, 0.5) is 5.82 Å². The topological polar surface area (TPSA) is 114 Å². The smallest absolute Gasteiger partial charge is 0.338 e. The molecule has 2 rings (SSSR count). The molecule has 2 aromatic heterocycles. The molecule has 0 fully saturated rings. The van der Waals surface area contributed by atoms with E-state index in [9.17, 15) is 14.4 Å². The highest BCUT2D eigenvalue weighted by Crippen LogP contribution is 2.09. The second-order valence-corrected chi connectivity index (χ2v) is 3.91. The number of nitrogens with zero attached hydrogens (tertiary/aromatic N) is 2. The number of pyridine rings is 1. The van der Waals surface area contributed by atoms with E-state index in [0.29, 0.717) is 0 Å². The van der Waals surface area contributed by atoms with Gasteiger partial charge in [0.25, 0.3) is 11.5 Å². The van der Waals surface area contributed by atoms with Crippen LogP contribution in [0.25, 0.3) is 0 Å². The molecule has 0 aromatic carbocycles. The lowest BCUT2D eigenvalue weighted by Gasteiger charge is -2.05. The van der Waals surface area contributed by atoms with Gasteiger partial charge in [-0.15, -0.1) is 0 Å². The van der Waals surface area contributed by atoms with Crippen molar-refractivity contribution in [1.82, 2.24) is 15.2 Å². The van der Waals surface area contributed by atoms with Crippen LogP contribution in [0.3, 0.4) is 0 Å². The molecule has 0 aliphatic rings. The summed E-state index contributed by atoms with van der Waals surface area (Å²) in [5, 5.41) is 8.22. The number of aromatic nitrogens is 3. The first kappa shape index (κ1) is 14.4. The van der Waals surface area contributed by atoms with Crippen molar-refractivity contribution in [1.29, 1.82) is 0 Å². The molecule has 2 aromatic rings. The molecule has 0 aliphatic carbocycles. The van der Waals surface area contributed by atoms with Crippen LogP contribution in [0.2, 0.25) is 0 Å². The maximum absolute atomic E-state index is 11.9. The molecule has 0 unspecified atom stereocenters. The Labute approximate surface area is 119 Å². The molecule has 0 saturated heterocycles. The summed E-state index contributed by atoms with van der Waals surface area (Å²) in [4.78, 5) is 38.3. The molecule has 2 heterocycles. The van der Waals surface area contributed by atoms with Crippen LogP contribution in [0.15, 0.2) is 35.3 Å². The molecule has 8 heteroatoms. The minimum atomic E-state index is -0.556. The first-order chi connectivity index (χ1) is 10.1. The molecular formula is C13H12N4O4. The lowest BCUT2D eigenvalue weighted by Crippen LogP contribution is -2.18. The van der Waals surface area contributed by atoms with E-state index in [0.717, 1.165) is 0 Å². The van der Waals surface area contributed by atoms with E-state index in [4.69, 9.17) is 4.74 Å². The van der Waals surface area contributed by atoms with Crippen LogP contribution in [-0.2, 0) is 4.74 Å². The molecule has 0 radical (unpaired) electrons. The summed E-state index contributed by atoms with van der Waals surface area (Å²) < 4.78 is 4.85. The number of hydrogen-bond acceptors (Lipinski definition) is 6. The molecule has 0 spiro atoms. The first-order valence-corrected chi connectivity index (χ1v) is 6.10. The SMILES string of the molecule is CCOC(=O)c1ccnc(NC(=O)c2ccc(=O)[nH]n2)c1. The van der Waals surface area contributed by atoms with E-state index < -0.39 is 17.4 Å². The largest absolute Gasteiger partial charge is 0.462 e. The molecule has 108 valence electrons. The third kappa shape index (κ3) is 3.72. The van der Waals surface area contributed by atoms with Crippen molar-refractivity contribution in [3.8, 4) is 0 Å². The molecule has 0 atom stereocenters. The van der Waals surface area contributed by atoms with Gasteiger partial charge in [0.2, 0.25) is 0 Å². The zero-order valence-electron chi connectivity index (χ0n) is 11.1. The summed E-state index contributed by atoms with van der Waals surface area (Å²) in [5.41, 5.74) is -0.108. The molecular weight excluding hydrogens is 276 g/mol. The predicted molar refractivity (Wildman–Crippen MR) is 73.0 cm³/mol. The van der Waals surface area contributed by atoms with Gasteiger partial charge in [0.1, 0.15) is 11.5 Å². The van der Waals surface area contributed by atoms with E-state index in [1.807, 2.05) is 0 Å². The van der Waals surface area contributed by atoms with Crippen molar-refractivity contribution in [2.24, 2.45) is 0 Å². The van der Waals surface area contributed by atoms with Crippen LogP contribution in [0.1, 0.15) is 27.8 Å². The fraction of sp³-hybridized carbons (Fsp3) is 0.154. The lowest BCUT2D eigenvalue weighted by molar-refractivity contribution is 0.0526. The zero-order chi connectivity index (χ0) is 15.2. The first-order valence-electron chi connectivity index (χ1n) is 6.10. The summed E-state index contributed by atoms with van der Waals surface area (Å²) >= 11 is 0. The summed E-state index contributed by atoms with van der Waals surface area (Å²) in [7, 11) is 0. The van der Waals surface area contributed by atoms with Gasteiger partial charge in [-0.05, 0) is 25.1 Å². The molecule has 0 saturated carbocycles. The third-order valence-electron chi connectivity index (χ3n) is 2.42. The fourth-order valence-electron chi connectivity index (χ4n) is 1.49. The molecule has 21 heavy (non-hydrogen) atoms. The van der Waals surface area contributed by atoms with E-state index in [1.165, 1.54) is 30.5 Å². The predicted octanol–water partition coefficient (Wildman–Crippen LogP) is 0.594. The summed E-state index contributed by atoms with van der Waals surface area (Å²) in [6.07, 6.45) is 1.38. The Kier molecular flexibility index (Phi) is 4.39. The van der Waals surface area contributed by atoms with Crippen LogP contribution < -0.4 is 10.9 Å². The number of carbonyl (C=O) groups is 2. The Hall–Kier alpha value is -3.03. The molecule has 8 nitrogen and oxygen atoms in total. The van der Waals surface area contributed by atoms with Crippen molar-refractivity contribution in [3.63, 3.8) is 0 Å². The standard InChI is InChI=1S/C13H12N4O4/c1-2-21-13(20)8-5-6-14-10(7-8)15-12(19)9-3-4-11(18)17-16-9/h3-7H,2H2,1H3,(H,17,18)(H,14,15,19). The average molecular weight is 288 g/mol. The van der Waals surface area contributed by atoms with Gasteiger partial charge in [0.15, 0.2) is 0 Å². The van der Waals surface area contributed by atoms with Crippen LogP contribution in [0.5, 0.6) is 0 Å². The number of esters is 1. The number of rotatable bonds is 4. The number of ether oxygens (including phenoxy) is 1. The highest BCUT2D eigenvalue weighted by atomic mass is 16.5. The second-order valence-electron chi connectivity index (χ2n) is 3.91. The molecule has 2 N–H and O–H groups in total. The Bertz CT molecular complexity index is 706. The van der Waals surface area contributed by atoms with Gasteiger partial charge >= 0.3 is 5.97 Å². The number of amides is 1. The van der Waals surface area contributed by atoms with Crippen molar-refractivity contribution < 1.29 is 14.3 Å². The highest BCUT2D eigenvalue weighted by Gasteiger charge is 2.11. The van der Waals surface area contributed by atoms with Crippen LogP contribution in [-0.4, -0.2) is 33.7 Å². The third-order valence-corrected chi connectivity index (χ3v) is 2.42. The zero-order valence-corrected chi connectivity index (χ0v) is 11.1. The van der Waals surface area contributed by atoms with Crippen LogP contribution >= 0.6 is 0 Å². The number of carbonyl (C=O) groups excluding carboxylic acids is 2. The van der Waals surface area contributed by atoms with Gasteiger partial charge in [-0.3, -0.25) is 9.59 Å². The van der Waals surface area contributed by atoms with Gasteiger partial charge in [0, 0.05) is 12.3 Å². The Balaban J connectivity index is 2.14. The van der Waals surface area contributed by atoms with Crippen molar-refractivity contribution in [2.45, 2.75) is 6.92 Å². The molecule has 1 amide bonds. The van der Waals surface area contributed by atoms with Crippen molar-refractivity contribution in [2.75, 3.05) is 11.9 Å². The van der Waals surface area contributed by atoms with Gasteiger partial charge in [0.05, 0.1) is 12.2 Å². The monoisotopic (exact) mass is 288 g/mol. The Morgan fingerprint density at radius 2 is 2.14 bits per heavy atom. The average Bonchev–Trinajstić information content (AvgIpc) is 2.48. The minimum absolute atomic E-state index is 0.0259. The molecule has 0 aliphatic heterocycles. The van der Waals surface area contributed by atoms with Crippen molar-refractivity contribution in [3.05, 3.63) is 52.1 Å². The summed E-state index contributed by atoms with van der Waals surface area (Å²) in [5.74, 6) is -0.879. The maximum Gasteiger partial charge on any atom is 0.338 e. The lowest BCUT2D eigenvalue weighted by atomic mass is 10.2. The van der Waals surface area contributed by atoms with E-state index >= 15 is 0 Å². The number of aromatic amines is 1. The number of hydrogen-bond donors (Lipinski definition) is 2. The van der Waals surface area contributed by atoms with Gasteiger partial charge in [-0.1, -0.05) is 0 Å². The van der Waals surface area contributed by atoms with E-state index in [1.54, 1.807) is 6.92 Å². The van der Waals surface area contributed by atoms with Gasteiger partial charge < -0.3 is 10.1 Å². The summed E-state index contributed by atoms with van der Waals surface area (Å²) in [6.45, 7) is 1.95. The van der Waals surface area contributed by atoms with Crippen molar-refractivity contribution >= 4 is 17.7 Å². The summed E-state index contributed by atoms with van der Waals surface area (Å²) in [6, 6.07) is 5.33. The minimum Gasteiger partial charge on any atom is -0.462 e. The highest BCUT2D eigenvalue weighted by molar-refractivity contribution is 6.02. The van der Waals surface area contributed by atoms with Gasteiger partial charge in [-0.2, -0.15) is 5.10 Å². The number of H-pyrrole nitrogens is 1. The Morgan fingerprint density at radius 1 is 1.33 bits per heavy atom. The second kappa shape index (κ2) is 6.42.